The van der Waals surface area contributed by atoms with E-state index in [1.807, 2.05) is 0 Å². The van der Waals surface area contributed by atoms with E-state index >= 15 is 0 Å². The minimum atomic E-state index is 0.403. The molecule has 1 heterocycles. The average Bonchev–Trinajstić information content (AvgIpc) is 2.50. The van der Waals surface area contributed by atoms with Gasteiger partial charge in [-0.2, -0.15) is 0 Å². The molecule has 1 heteroatoms. The maximum Gasteiger partial charge on any atom is 0.0681 e. The van der Waals surface area contributed by atoms with E-state index in [0.29, 0.717) is 12.5 Å². The first-order chi connectivity index (χ1) is 6.61. The Hall–Kier alpha value is -0.820. The molecule has 1 nitrogen and oxygen atoms in total. The van der Waals surface area contributed by atoms with Gasteiger partial charge in [0.1, 0.15) is 0 Å². The van der Waals surface area contributed by atoms with E-state index in [-0.39, 0.29) is 0 Å². The summed E-state index contributed by atoms with van der Waals surface area (Å²) in [5.41, 5.74) is 3.83. The van der Waals surface area contributed by atoms with Crippen molar-refractivity contribution in [1.29, 1.82) is 0 Å². The van der Waals surface area contributed by atoms with Gasteiger partial charge in [0.15, 0.2) is 0 Å². The number of allylic oxidation sites excluding steroid dienone is 2. The molecule has 1 atom stereocenters. The molecule has 1 aliphatic heterocycles. The molecule has 1 rings (SSSR count). The van der Waals surface area contributed by atoms with Crippen molar-refractivity contribution in [1.82, 2.24) is 0 Å². The Balaban J connectivity index is 2.35. The van der Waals surface area contributed by atoms with Gasteiger partial charge < -0.3 is 4.74 Å². The Morgan fingerprint density at radius 3 is 2.79 bits per heavy atom. The van der Waals surface area contributed by atoms with Crippen molar-refractivity contribution < 1.29 is 4.74 Å². The van der Waals surface area contributed by atoms with Gasteiger partial charge in [0.05, 0.1) is 13.2 Å². The zero-order valence-electron chi connectivity index (χ0n) is 9.31. The Morgan fingerprint density at radius 1 is 1.57 bits per heavy atom. The number of rotatable bonds is 4. The maximum absolute atomic E-state index is 5.34. The van der Waals surface area contributed by atoms with E-state index in [4.69, 9.17) is 4.74 Å². The van der Waals surface area contributed by atoms with Crippen LogP contribution in [-0.4, -0.2) is 13.2 Å². The summed E-state index contributed by atoms with van der Waals surface area (Å²) in [4.78, 5) is 0. The maximum atomic E-state index is 5.34. The van der Waals surface area contributed by atoms with Crippen LogP contribution in [0, 0.1) is 5.92 Å². The summed E-state index contributed by atoms with van der Waals surface area (Å²) in [6.45, 7) is 13.9. The molecule has 78 valence electrons. The van der Waals surface area contributed by atoms with Crippen LogP contribution in [0.1, 0.15) is 26.7 Å². The summed E-state index contributed by atoms with van der Waals surface area (Å²) >= 11 is 0. The molecule has 14 heavy (non-hydrogen) atoms. The fraction of sp³-hybridized carbons (Fsp3) is 0.538. The summed E-state index contributed by atoms with van der Waals surface area (Å²) in [6.07, 6.45) is 4.40. The lowest BCUT2D eigenvalue weighted by molar-refractivity contribution is 0.193. The molecule has 0 aliphatic carbocycles. The normalized spacial score (nSPS) is 21.0. The van der Waals surface area contributed by atoms with Crippen LogP contribution in [-0.2, 0) is 4.74 Å². The van der Waals surface area contributed by atoms with Crippen LogP contribution in [0.5, 0.6) is 0 Å². The second kappa shape index (κ2) is 5.16. The molecule has 0 amide bonds. The second-order valence-corrected chi connectivity index (χ2v) is 4.20. The summed E-state index contributed by atoms with van der Waals surface area (Å²) in [6, 6.07) is 0. The monoisotopic (exact) mass is 192 g/mol. The number of hydrogen-bond acceptors (Lipinski definition) is 1. The minimum Gasteiger partial charge on any atom is -0.376 e. The molecule has 0 radical (unpaired) electrons. The van der Waals surface area contributed by atoms with Crippen molar-refractivity contribution in [2.24, 2.45) is 5.92 Å². The van der Waals surface area contributed by atoms with Crippen LogP contribution in [0.4, 0.5) is 0 Å². The van der Waals surface area contributed by atoms with E-state index in [0.717, 1.165) is 19.4 Å². The van der Waals surface area contributed by atoms with E-state index in [2.05, 4.69) is 33.1 Å². The molecule has 0 N–H and O–H groups in total. The van der Waals surface area contributed by atoms with Crippen molar-refractivity contribution in [3.63, 3.8) is 0 Å². The van der Waals surface area contributed by atoms with Gasteiger partial charge in [-0.3, -0.25) is 0 Å². The number of ether oxygens (including phenoxy) is 1. The zero-order chi connectivity index (χ0) is 10.6. The lowest BCUT2D eigenvalue weighted by atomic mass is 9.92. The molecule has 0 aromatic heterocycles. The Labute approximate surface area is 87.2 Å². The van der Waals surface area contributed by atoms with E-state index in [9.17, 15) is 0 Å². The highest BCUT2D eigenvalue weighted by molar-refractivity contribution is 5.20. The third-order valence-corrected chi connectivity index (χ3v) is 2.58. The largest absolute Gasteiger partial charge is 0.376 e. The standard InChI is InChI=1S/C13H20O/c1-10(2)6-5-7-11(3)13-9-14-8-12(13)4/h6,13H,3-5,7-9H2,1-2H3. The predicted molar refractivity (Wildman–Crippen MR) is 61.3 cm³/mol. The highest BCUT2D eigenvalue weighted by atomic mass is 16.5. The third-order valence-electron chi connectivity index (χ3n) is 2.58. The molecule has 0 aromatic carbocycles. The first-order valence-electron chi connectivity index (χ1n) is 5.17. The minimum absolute atomic E-state index is 0.403. The highest BCUT2D eigenvalue weighted by Crippen LogP contribution is 2.27. The van der Waals surface area contributed by atoms with Gasteiger partial charge in [-0.25, -0.2) is 0 Å². The fourth-order valence-corrected chi connectivity index (χ4v) is 1.65. The smallest absolute Gasteiger partial charge is 0.0681 e. The lowest BCUT2D eigenvalue weighted by Gasteiger charge is -2.11. The zero-order valence-corrected chi connectivity index (χ0v) is 9.31. The molecule has 0 spiro atoms. The first-order valence-corrected chi connectivity index (χ1v) is 5.17. The van der Waals surface area contributed by atoms with Gasteiger partial charge in [0.25, 0.3) is 0 Å². The highest BCUT2D eigenvalue weighted by Gasteiger charge is 2.21. The van der Waals surface area contributed by atoms with Crippen molar-refractivity contribution in [2.75, 3.05) is 13.2 Å². The fourth-order valence-electron chi connectivity index (χ4n) is 1.65. The Bertz CT molecular complexity index is 256. The van der Waals surface area contributed by atoms with Crippen LogP contribution < -0.4 is 0 Å². The van der Waals surface area contributed by atoms with E-state index in [1.165, 1.54) is 16.7 Å². The molecule has 1 aliphatic rings. The van der Waals surface area contributed by atoms with Crippen LogP contribution >= 0.6 is 0 Å². The predicted octanol–water partition coefficient (Wildman–Crippen LogP) is 3.49. The first kappa shape index (κ1) is 11.3. The quantitative estimate of drug-likeness (QED) is 0.619. The van der Waals surface area contributed by atoms with Gasteiger partial charge >= 0.3 is 0 Å². The Morgan fingerprint density at radius 2 is 2.29 bits per heavy atom. The molecule has 0 saturated carbocycles. The van der Waals surface area contributed by atoms with Crippen LogP contribution in [0.3, 0.4) is 0 Å². The van der Waals surface area contributed by atoms with Gasteiger partial charge in [0, 0.05) is 5.92 Å². The van der Waals surface area contributed by atoms with Crippen LogP contribution in [0.15, 0.2) is 36.0 Å². The second-order valence-electron chi connectivity index (χ2n) is 4.20. The number of hydrogen-bond donors (Lipinski definition) is 0. The Kier molecular flexibility index (Phi) is 4.15. The summed E-state index contributed by atoms with van der Waals surface area (Å²) < 4.78 is 5.34. The third kappa shape index (κ3) is 3.15. The summed E-state index contributed by atoms with van der Waals surface area (Å²) in [7, 11) is 0. The summed E-state index contributed by atoms with van der Waals surface area (Å²) in [5, 5.41) is 0. The van der Waals surface area contributed by atoms with Gasteiger partial charge in [-0.15, -0.1) is 0 Å². The molecular formula is C13H20O. The SMILES string of the molecule is C=C(CCC=C(C)C)C1COCC1=C. The molecule has 0 aromatic rings. The van der Waals surface area contributed by atoms with Gasteiger partial charge in [0.2, 0.25) is 0 Å². The van der Waals surface area contributed by atoms with E-state index < -0.39 is 0 Å². The van der Waals surface area contributed by atoms with Crippen molar-refractivity contribution in [3.8, 4) is 0 Å². The van der Waals surface area contributed by atoms with Gasteiger partial charge in [-0.1, -0.05) is 30.4 Å². The summed E-state index contributed by atoms with van der Waals surface area (Å²) in [5.74, 6) is 0.403. The molecule has 1 fully saturated rings. The molecule has 1 unspecified atom stereocenters. The van der Waals surface area contributed by atoms with Crippen molar-refractivity contribution >= 4 is 0 Å². The van der Waals surface area contributed by atoms with Crippen LogP contribution in [0.25, 0.3) is 0 Å². The lowest BCUT2D eigenvalue weighted by Crippen LogP contribution is -2.04. The average molecular weight is 192 g/mol. The van der Waals surface area contributed by atoms with Crippen LogP contribution in [0.2, 0.25) is 0 Å². The van der Waals surface area contributed by atoms with Crippen molar-refractivity contribution in [2.45, 2.75) is 26.7 Å². The van der Waals surface area contributed by atoms with E-state index in [1.54, 1.807) is 0 Å². The topological polar surface area (TPSA) is 9.23 Å². The molecular weight excluding hydrogens is 172 g/mol. The molecule has 1 saturated heterocycles. The van der Waals surface area contributed by atoms with Gasteiger partial charge in [-0.05, 0) is 32.3 Å². The molecule has 0 bridgehead atoms. The van der Waals surface area contributed by atoms with Crippen molar-refractivity contribution in [3.05, 3.63) is 36.0 Å².